The predicted octanol–water partition coefficient (Wildman–Crippen LogP) is 2.35. The average Bonchev–Trinajstić information content (AvgIpc) is 3.08. The Labute approximate surface area is 191 Å². The largest absolute Gasteiger partial charge is 0.393 e. The van der Waals surface area contributed by atoms with Gasteiger partial charge in [-0.3, -0.25) is 9.48 Å². The van der Waals surface area contributed by atoms with Crippen LogP contribution in [0.25, 0.3) is 0 Å². The van der Waals surface area contributed by atoms with Gasteiger partial charge in [-0.2, -0.15) is 10.4 Å². The number of nitrogens with zero attached hydrogens (tertiary/aromatic N) is 5. The number of aromatic nitrogens is 2. The van der Waals surface area contributed by atoms with Crippen LogP contribution >= 0.6 is 0 Å². The summed E-state index contributed by atoms with van der Waals surface area (Å²) in [6.07, 6.45) is 0.529. The number of hydrogen-bond acceptors (Lipinski definition) is 5. The first-order valence-corrected chi connectivity index (χ1v) is 11.0. The van der Waals surface area contributed by atoms with Gasteiger partial charge in [-0.05, 0) is 31.5 Å². The van der Waals surface area contributed by atoms with Crippen molar-refractivity contribution in [2.45, 2.75) is 51.9 Å². The number of urea groups is 1. The molecule has 0 radical (unpaired) electrons. The Kier molecular flexibility index (Phi) is 6.08. The van der Waals surface area contributed by atoms with E-state index in [9.17, 15) is 19.1 Å². The van der Waals surface area contributed by atoms with Crippen LogP contribution in [-0.2, 0) is 19.5 Å². The molecule has 3 heterocycles. The highest BCUT2D eigenvalue weighted by atomic mass is 19.1. The van der Waals surface area contributed by atoms with Gasteiger partial charge in [0.1, 0.15) is 17.6 Å². The van der Waals surface area contributed by atoms with Crippen molar-refractivity contribution < 1.29 is 19.1 Å². The molecule has 3 amide bonds. The number of hydrogen-bond donors (Lipinski definition) is 2. The van der Waals surface area contributed by atoms with Crippen LogP contribution in [0.3, 0.4) is 0 Å². The van der Waals surface area contributed by atoms with Crippen LogP contribution in [0.2, 0.25) is 0 Å². The second kappa shape index (κ2) is 8.83. The molecular formula is C23H27FN6O3. The zero-order valence-corrected chi connectivity index (χ0v) is 18.9. The molecule has 0 aliphatic carbocycles. The summed E-state index contributed by atoms with van der Waals surface area (Å²) in [6, 6.07) is 5.00. The molecule has 2 aromatic rings. The molecule has 0 bridgehead atoms. The fourth-order valence-electron chi connectivity index (χ4n) is 4.59. The van der Waals surface area contributed by atoms with Crippen LogP contribution in [0.15, 0.2) is 18.2 Å². The van der Waals surface area contributed by atoms with E-state index in [1.54, 1.807) is 27.6 Å². The van der Waals surface area contributed by atoms with Crippen LogP contribution < -0.4 is 5.32 Å². The minimum absolute atomic E-state index is 0.129. The Morgan fingerprint density at radius 3 is 2.88 bits per heavy atom. The Morgan fingerprint density at radius 2 is 2.18 bits per heavy atom. The highest BCUT2D eigenvalue weighted by molar-refractivity contribution is 5.95. The summed E-state index contributed by atoms with van der Waals surface area (Å²) in [7, 11) is 1.71. The van der Waals surface area contributed by atoms with Crippen molar-refractivity contribution in [2.75, 3.05) is 18.9 Å². The van der Waals surface area contributed by atoms with E-state index in [-0.39, 0.29) is 30.0 Å². The van der Waals surface area contributed by atoms with Gasteiger partial charge in [-0.25, -0.2) is 9.18 Å². The summed E-state index contributed by atoms with van der Waals surface area (Å²) < 4.78 is 15.3. The quantitative estimate of drug-likeness (QED) is 0.739. The molecule has 33 heavy (non-hydrogen) atoms. The molecule has 2 aliphatic heterocycles. The molecule has 3 atom stereocenters. The third kappa shape index (κ3) is 4.16. The lowest BCUT2D eigenvalue weighted by Gasteiger charge is -2.33. The molecule has 0 saturated carbocycles. The molecule has 9 nitrogen and oxygen atoms in total. The number of nitrogens with one attached hydrogen (secondary N) is 1. The van der Waals surface area contributed by atoms with Crippen molar-refractivity contribution in [3.8, 4) is 6.07 Å². The Morgan fingerprint density at radius 1 is 1.42 bits per heavy atom. The van der Waals surface area contributed by atoms with Gasteiger partial charge in [0, 0.05) is 49.8 Å². The highest BCUT2D eigenvalue weighted by Gasteiger charge is 2.38. The number of amides is 3. The van der Waals surface area contributed by atoms with Gasteiger partial charge in [0.15, 0.2) is 0 Å². The molecule has 0 saturated heterocycles. The molecule has 4 rings (SSSR count). The number of rotatable bonds is 3. The normalized spacial score (nSPS) is 21.0. The minimum atomic E-state index is -0.650. The van der Waals surface area contributed by atoms with Gasteiger partial charge in [-0.15, -0.1) is 0 Å². The maximum Gasteiger partial charge on any atom is 0.322 e. The van der Waals surface area contributed by atoms with E-state index in [1.807, 2.05) is 13.8 Å². The molecule has 1 unspecified atom stereocenters. The first-order valence-electron chi connectivity index (χ1n) is 11.0. The Hall–Kier alpha value is -3.45. The molecule has 2 aliphatic rings. The number of nitriles is 1. The number of carbonyl (C=O) groups is 2. The summed E-state index contributed by atoms with van der Waals surface area (Å²) in [5.41, 5.74) is 2.11. The lowest BCUT2D eigenvalue weighted by Crippen LogP contribution is -2.45. The number of anilines is 1. The molecule has 1 aromatic heterocycles. The van der Waals surface area contributed by atoms with Gasteiger partial charge in [0.05, 0.1) is 23.9 Å². The molecule has 0 spiro atoms. The van der Waals surface area contributed by atoms with E-state index in [0.717, 1.165) is 11.8 Å². The fraction of sp³-hybridized carbons (Fsp3) is 0.478. The molecular weight excluding hydrogens is 427 g/mol. The van der Waals surface area contributed by atoms with Crippen LogP contribution in [-0.4, -0.2) is 62.4 Å². The van der Waals surface area contributed by atoms with Crippen LogP contribution in [0.5, 0.6) is 0 Å². The summed E-state index contributed by atoms with van der Waals surface area (Å²) in [5, 5.41) is 26.8. The van der Waals surface area contributed by atoms with Gasteiger partial charge < -0.3 is 20.2 Å². The average molecular weight is 455 g/mol. The van der Waals surface area contributed by atoms with Crippen molar-refractivity contribution in [3.05, 3.63) is 46.5 Å². The third-order valence-electron chi connectivity index (χ3n) is 6.51. The van der Waals surface area contributed by atoms with Crippen molar-refractivity contribution in [3.63, 3.8) is 0 Å². The molecule has 2 N–H and O–H groups in total. The lowest BCUT2D eigenvalue weighted by atomic mass is 9.99. The topological polar surface area (TPSA) is 114 Å². The van der Waals surface area contributed by atoms with E-state index in [2.05, 4.69) is 10.4 Å². The maximum atomic E-state index is 13.6. The van der Waals surface area contributed by atoms with Crippen molar-refractivity contribution in [1.29, 1.82) is 5.26 Å². The van der Waals surface area contributed by atoms with E-state index in [1.165, 1.54) is 12.1 Å². The number of benzene rings is 1. The number of halogens is 1. The van der Waals surface area contributed by atoms with Gasteiger partial charge in [0.25, 0.3) is 5.91 Å². The number of fused-ring (bicyclic) bond motifs is 3. The molecule has 174 valence electrons. The van der Waals surface area contributed by atoms with E-state index in [0.29, 0.717) is 42.9 Å². The third-order valence-corrected chi connectivity index (χ3v) is 6.51. The van der Waals surface area contributed by atoms with Gasteiger partial charge in [0.2, 0.25) is 0 Å². The standard InChI is InChI=1S/C23H27FN6O3/c1-4-20(31)15-10-28(3)22(32)21-17-12-29(13(2)7-19(17)27-30(21)11-15)23(33)26-16-5-6-18(24)14(8-16)9-25/h5-6,8,13,15,20,31H,4,7,10-12H2,1-3H3,(H,26,33)/t13-,15-,20?/m1/s1. The summed E-state index contributed by atoms with van der Waals surface area (Å²) >= 11 is 0. The fourth-order valence-corrected chi connectivity index (χ4v) is 4.59. The van der Waals surface area contributed by atoms with E-state index >= 15 is 0 Å². The number of aliphatic hydroxyl groups is 1. The van der Waals surface area contributed by atoms with E-state index in [4.69, 9.17) is 5.26 Å². The monoisotopic (exact) mass is 454 g/mol. The van der Waals surface area contributed by atoms with Crippen molar-refractivity contribution in [2.24, 2.45) is 5.92 Å². The second-order valence-electron chi connectivity index (χ2n) is 8.79. The summed E-state index contributed by atoms with van der Waals surface area (Å²) in [4.78, 5) is 29.4. The number of carbonyl (C=O) groups excluding carboxylic acids is 2. The molecule has 10 heteroatoms. The smallest absolute Gasteiger partial charge is 0.322 e. The predicted molar refractivity (Wildman–Crippen MR) is 118 cm³/mol. The van der Waals surface area contributed by atoms with Crippen LogP contribution in [0, 0.1) is 23.1 Å². The van der Waals surface area contributed by atoms with Gasteiger partial charge >= 0.3 is 6.03 Å². The summed E-state index contributed by atoms with van der Waals surface area (Å²) in [6.45, 7) is 4.87. The summed E-state index contributed by atoms with van der Waals surface area (Å²) in [5.74, 6) is -0.957. The lowest BCUT2D eigenvalue weighted by molar-refractivity contribution is 0.0625. The SMILES string of the molecule is CCC(O)[C@@H]1CN(C)C(=O)c2c3c(nn2C1)C[C@@H](C)N(C(=O)Nc1ccc(F)c(C#N)c1)C3. The zero-order chi connectivity index (χ0) is 23.9. The highest BCUT2D eigenvalue weighted by Crippen LogP contribution is 2.30. The van der Waals surface area contributed by atoms with E-state index < -0.39 is 18.0 Å². The minimum Gasteiger partial charge on any atom is -0.393 e. The molecule has 0 fully saturated rings. The molecule has 1 aromatic carbocycles. The van der Waals surface area contributed by atoms with Crippen LogP contribution in [0.1, 0.15) is 47.6 Å². The maximum absolute atomic E-state index is 13.6. The van der Waals surface area contributed by atoms with Crippen molar-refractivity contribution >= 4 is 17.6 Å². The Balaban J connectivity index is 1.61. The second-order valence-corrected chi connectivity index (χ2v) is 8.79. The Bertz CT molecular complexity index is 1140. The van der Waals surface area contributed by atoms with Crippen LogP contribution in [0.4, 0.5) is 14.9 Å². The zero-order valence-electron chi connectivity index (χ0n) is 18.9. The number of aliphatic hydroxyl groups excluding tert-OH is 1. The first-order chi connectivity index (χ1) is 15.7. The first kappa shape index (κ1) is 22.7. The van der Waals surface area contributed by atoms with Crippen molar-refractivity contribution in [1.82, 2.24) is 19.6 Å². The van der Waals surface area contributed by atoms with Gasteiger partial charge in [-0.1, -0.05) is 6.92 Å².